The van der Waals surface area contributed by atoms with Gasteiger partial charge in [0.2, 0.25) is 5.91 Å². The highest BCUT2D eigenvalue weighted by molar-refractivity contribution is 7.99. The maximum absolute atomic E-state index is 13.5. The van der Waals surface area contributed by atoms with Crippen LogP contribution in [-0.2, 0) is 10.5 Å². The zero-order valence-electron chi connectivity index (χ0n) is 18.9. The summed E-state index contributed by atoms with van der Waals surface area (Å²) in [6.07, 6.45) is 10.3. The third-order valence-electron chi connectivity index (χ3n) is 7.46. The van der Waals surface area contributed by atoms with Gasteiger partial charge in [0.25, 0.3) is 5.91 Å². The van der Waals surface area contributed by atoms with Crippen LogP contribution in [0.1, 0.15) is 73.9 Å². The number of hydrogen-bond acceptors (Lipinski definition) is 4. The van der Waals surface area contributed by atoms with E-state index in [1.54, 1.807) is 0 Å². The van der Waals surface area contributed by atoms with Crippen molar-refractivity contribution in [3.05, 3.63) is 35.6 Å². The molecule has 2 saturated heterocycles. The Morgan fingerprint density at radius 2 is 1.59 bits per heavy atom. The fourth-order valence-corrected chi connectivity index (χ4v) is 6.87. The molecule has 2 amide bonds. The number of rotatable bonds is 5. The van der Waals surface area contributed by atoms with Crippen molar-refractivity contribution >= 4 is 34.5 Å². The summed E-state index contributed by atoms with van der Waals surface area (Å²) in [6, 6.07) is 8.03. The van der Waals surface area contributed by atoms with Crippen LogP contribution in [-0.4, -0.2) is 53.0 Å². The molecule has 172 valence electrons. The molecule has 0 N–H and O–H groups in total. The Labute approximate surface area is 194 Å². The van der Waals surface area contributed by atoms with Gasteiger partial charge < -0.3 is 14.2 Å². The van der Waals surface area contributed by atoms with Crippen LogP contribution >= 0.6 is 11.8 Å². The first kappa shape index (κ1) is 21.9. The lowest BCUT2D eigenvalue weighted by Crippen LogP contribution is -2.43. The van der Waals surface area contributed by atoms with Crippen LogP contribution in [0.3, 0.4) is 0 Å². The first-order valence-electron chi connectivity index (χ1n) is 12.4. The lowest BCUT2D eigenvalue weighted by molar-refractivity contribution is -0.135. The summed E-state index contributed by atoms with van der Waals surface area (Å²) in [6.45, 7) is 3.07. The van der Waals surface area contributed by atoms with Gasteiger partial charge in [-0.2, -0.15) is 11.8 Å². The molecule has 1 saturated carbocycles. The van der Waals surface area contributed by atoms with E-state index >= 15 is 0 Å². The molecule has 5 rings (SSSR count). The van der Waals surface area contributed by atoms with Gasteiger partial charge in [-0.15, -0.1) is 0 Å². The normalized spacial score (nSPS) is 20.9. The molecule has 1 aliphatic carbocycles. The topological polar surface area (TPSA) is 53.8 Å². The molecule has 1 aromatic carbocycles. The highest BCUT2D eigenvalue weighted by atomic mass is 32.2. The Kier molecular flexibility index (Phi) is 6.77. The molecule has 2 aromatic rings. The van der Waals surface area contributed by atoms with E-state index < -0.39 is 0 Å². The molecule has 0 atom stereocenters. The summed E-state index contributed by atoms with van der Waals surface area (Å²) in [5.41, 5.74) is 1.85. The Balaban J connectivity index is 1.28. The largest absolute Gasteiger partial charge is 0.451 e. The quantitative estimate of drug-likeness (QED) is 0.601. The SMILES string of the molecule is O=C(c1oc2ccccc2c1CSC1CCCCC1)N1CCC(C(=O)N2CCCC2)CC1. The van der Waals surface area contributed by atoms with Crippen molar-refractivity contribution in [1.82, 2.24) is 9.80 Å². The van der Waals surface area contributed by atoms with E-state index in [0.717, 1.165) is 61.1 Å². The van der Waals surface area contributed by atoms with Crippen LogP contribution in [0.5, 0.6) is 0 Å². The number of fused-ring (bicyclic) bond motifs is 1. The molecule has 5 nitrogen and oxygen atoms in total. The number of para-hydroxylation sites is 1. The fraction of sp³-hybridized carbons (Fsp3) is 0.615. The van der Waals surface area contributed by atoms with Crippen LogP contribution in [0.25, 0.3) is 11.0 Å². The lowest BCUT2D eigenvalue weighted by Gasteiger charge is -2.33. The molecular formula is C26H34N2O3S. The van der Waals surface area contributed by atoms with Crippen LogP contribution in [0.4, 0.5) is 0 Å². The first-order chi connectivity index (χ1) is 15.7. The molecular weight excluding hydrogens is 420 g/mol. The number of nitrogens with zero attached hydrogens (tertiary/aromatic N) is 2. The summed E-state index contributed by atoms with van der Waals surface area (Å²) in [5.74, 6) is 1.69. The number of carbonyl (C=O) groups excluding carboxylic acids is 2. The molecule has 0 radical (unpaired) electrons. The van der Waals surface area contributed by atoms with Crippen molar-refractivity contribution < 1.29 is 14.0 Å². The number of likely N-dealkylation sites (tertiary alicyclic amines) is 2. The minimum absolute atomic E-state index is 0.00693. The predicted octanol–water partition coefficient (Wildman–Crippen LogP) is 5.47. The standard InChI is InChI=1S/C26H34N2O3S/c29-25(27-14-6-7-15-27)19-12-16-28(17-13-19)26(30)24-22(18-32-20-8-2-1-3-9-20)21-10-4-5-11-23(21)31-24/h4-5,10-11,19-20H,1-3,6-9,12-18H2. The minimum atomic E-state index is -0.00693. The summed E-state index contributed by atoms with van der Waals surface area (Å²) in [4.78, 5) is 30.2. The van der Waals surface area contributed by atoms with Gasteiger partial charge in [0, 0.05) is 54.0 Å². The zero-order valence-corrected chi connectivity index (χ0v) is 19.7. The van der Waals surface area contributed by atoms with Gasteiger partial charge >= 0.3 is 0 Å². The predicted molar refractivity (Wildman–Crippen MR) is 129 cm³/mol. The number of amides is 2. The molecule has 1 aromatic heterocycles. The average Bonchev–Trinajstić information content (AvgIpc) is 3.51. The molecule has 3 fully saturated rings. The minimum Gasteiger partial charge on any atom is -0.451 e. The monoisotopic (exact) mass is 454 g/mol. The molecule has 0 unspecified atom stereocenters. The number of furan rings is 1. The maximum Gasteiger partial charge on any atom is 0.289 e. The summed E-state index contributed by atoms with van der Waals surface area (Å²) < 4.78 is 6.13. The van der Waals surface area contributed by atoms with E-state index in [4.69, 9.17) is 4.42 Å². The molecule has 3 heterocycles. The van der Waals surface area contributed by atoms with E-state index in [2.05, 4.69) is 6.07 Å². The van der Waals surface area contributed by atoms with Crippen LogP contribution in [0.2, 0.25) is 0 Å². The van der Waals surface area contributed by atoms with Gasteiger partial charge in [0.05, 0.1) is 0 Å². The Hall–Kier alpha value is -1.95. The Morgan fingerprint density at radius 1 is 0.875 bits per heavy atom. The molecule has 3 aliphatic rings. The van der Waals surface area contributed by atoms with Gasteiger partial charge in [-0.1, -0.05) is 37.5 Å². The number of benzene rings is 1. The number of carbonyl (C=O) groups is 2. The van der Waals surface area contributed by atoms with E-state index in [0.29, 0.717) is 30.0 Å². The first-order valence-corrected chi connectivity index (χ1v) is 13.5. The van der Waals surface area contributed by atoms with Crippen molar-refractivity contribution in [2.24, 2.45) is 5.92 Å². The maximum atomic E-state index is 13.5. The summed E-state index contributed by atoms with van der Waals surface area (Å²) >= 11 is 1.99. The summed E-state index contributed by atoms with van der Waals surface area (Å²) in [5, 5.41) is 1.76. The van der Waals surface area contributed by atoms with Crippen LogP contribution < -0.4 is 0 Å². The highest BCUT2D eigenvalue weighted by Gasteiger charge is 2.33. The molecule has 0 spiro atoms. The Morgan fingerprint density at radius 3 is 2.34 bits per heavy atom. The molecule has 32 heavy (non-hydrogen) atoms. The number of thioether (sulfide) groups is 1. The van der Waals surface area contributed by atoms with Crippen molar-refractivity contribution in [1.29, 1.82) is 0 Å². The fourth-order valence-electron chi connectivity index (χ4n) is 5.52. The number of piperidine rings is 1. The second kappa shape index (κ2) is 9.90. The van der Waals surface area contributed by atoms with Crippen molar-refractivity contribution in [3.8, 4) is 0 Å². The van der Waals surface area contributed by atoms with Crippen molar-refractivity contribution in [3.63, 3.8) is 0 Å². The smallest absolute Gasteiger partial charge is 0.289 e. The van der Waals surface area contributed by atoms with Gasteiger partial charge in [-0.05, 0) is 44.6 Å². The molecule has 6 heteroatoms. The molecule has 0 bridgehead atoms. The number of hydrogen-bond donors (Lipinski definition) is 0. The second-order valence-electron chi connectivity index (χ2n) is 9.58. The van der Waals surface area contributed by atoms with E-state index in [9.17, 15) is 9.59 Å². The second-order valence-corrected chi connectivity index (χ2v) is 10.9. The Bertz CT molecular complexity index is 951. The average molecular weight is 455 g/mol. The summed E-state index contributed by atoms with van der Waals surface area (Å²) in [7, 11) is 0. The van der Waals surface area contributed by atoms with E-state index in [1.807, 2.05) is 39.8 Å². The lowest BCUT2D eigenvalue weighted by atomic mass is 9.95. The third kappa shape index (κ3) is 4.57. The van der Waals surface area contributed by atoms with Crippen molar-refractivity contribution in [2.45, 2.75) is 68.8 Å². The molecule has 2 aliphatic heterocycles. The highest BCUT2D eigenvalue weighted by Crippen LogP contribution is 2.36. The van der Waals surface area contributed by atoms with Crippen molar-refractivity contribution in [2.75, 3.05) is 26.2 Å². The van der Waals surface area contributed by atoms with Gasteiger partial charge in [-0.25, -0.2) is 0 Å². The van der Waals surface area contributed by atoms with Crippen LogP contribution in [0.15, 0.2) is 28.7 Å². The van der Waals surface area contributed by atoms with Gasteiger partial charge in [-0.3, -0.25) is 9.59 Å². The van der Waals surface area contributed by atoms with Gasteiger partial charge in [0.15, 0.2) is 5.76 Å². The third-order valence-corrected chi connectivity index (χ3v) is 8.86. The van der Waals surface area contributed by atoms with E-state index in [1.165, 1.54) is 32.1 Å². The van der Waals surface area contributed by atoms with E-state index in [-0.39, 0.29) is 11.8 Å². The van der Waals surface area contributed by atoms with Crippen LogP contribution in [0, 0.1) is 5.92 Å². The van der Waals surface area contributed by atoms with Gasteiger partial charge in [0.1, 0.15) is 5.58 Å². The zero-order chi connectivity index (χ0) is 21.9.